The van der Waals surface area contributed by atoms with Gasteiger partial charge in [-0.15, -0.1) is 0 Å². The van der Waals surface area contributed by atoms with Gasteiger partial charge in [0.15, 0.2) is 0 Å². The van der Waals surface area contributed by atoms with Crippen LogP contribution in [0.2, 0.25) is 0 Å². The van der Waals surface area contributed by atoms with Crippen LogP contribution >= 0.6 is 0 Å². The molecule has 10 heteroatoms. The second-order valence-corrected chi connectivity index (χ2v) is 12.2. The Morgan fingerprint density at radius 2 is 1.92 bits per heavy atom. The van der Waals surface area contributed by atoms with Gasteiger partial charge in [-0.05, 0) is 66.8 Å². The molecule has 0 bridgehead atoms. The molecule has 3 N–H and O–H groups in total. The number of alkyl halides is 3. The summed E-state index contributed by atoms with van der Waals surface area (Å²) >= 11 is 0. The van der Waals surface area contributed by atoms with Gasteiger partial charge in [-0.1, -0.05) is 26.8 Å². The summed E-state index contributed by atoms with van der Waals surface area (Å²) in [6.45, 7) is 7.85. The highest BCUT2D eigenvalue weighted by Crippen LogP contribution is 2.48. The Morgan fingerprint density at radius 1 is 1.21 bits per heavy atom. The van der Waals surface area contributed by atoms with E-state index in [9.17, 15) is 27.5 Å². The summed E-state index contributed by atoms with van der Waals surface area (Å²) in [6, 6.07) is 3.76. The molecule has 1 aromatic heterocycles. The molecule has 0 saturated heterocycles. The van der Waals surface area contributed by atoms with Gasteiger partial charge in [0.2, 0.25) is 11.8 Å². The van der Waals surface area contributed by atoms with Gasteiger partial charge < -0.3 is 20.5 Å². The van der Waals surface area contributed by atoms with E-state index in [0.717, 1.165) is 42.9 Å². The van der Waals surface area contributed by atoms with Crippen LogP contribution in [0.15, 0.2) is 30.5 Å². The number of aliphatic hydroxyl groups excluding tert-OH is 1. The Morgan fingerprint density at radius 3 is 2.49 bits per heavy atom. The molecule has 6 nitrogen and oxygen atoms in total. The van der Waals surface area contributed by atoms with Crippen molar-refractivity contribution in [1.29, 1.82) is 0 Å². The Balaban J connectivity index is 1.50. The summed E-state index contributed by atoms with van der Waals surface area (Å²) in [5.74, 6) is -1.21. The number of hydrogen-bond acceptors (Lipinski definition) is 5. The number of rotatable bonds is 8. The second-order valence-electron chi connectivity index (χ2n) is 12.2. The summed E-state index contributed by atoms with van der Waals surface area (Å²) in [7, 11) is 0. The Hall–Kier alpha value is -2.72. The van der Waals surface area contributed by atoms with E-state index in [1.807, 2.05) is 6.20 Å². The van der Waals surface area contributed by atoms with E-state index in [1.165, 1.54) is 13.0 Å². The molecule has 39 heavy (non-hydrogen) atoms. The zero-order valence-electron chi connectivity index (χ0n) is 22.8. The Kier molecular flexibility index (Phi) is 8.28. The third-order valence-corrected chi connectivity index (χ3v) is 7.42. The average molecular weight is 552 g/mol. The first-order chi connectivity index (χ1) is 18.1. The first-order valence-electron chi connectivity index (χ1n) is 13.4. The van der Waals surface area contributed by atoms with Crippen LogP contribution in [0.3, 0.4) is 0 Å². The lowest BCUT2D eigenvalue weighted by Crippen LogP contribution is -2.52. The lowest BCUT2D eigenvalue weighted by molar-refractivity contribution is -0.140. The lowest BCUT2D eigenvalue weighted by Gasteiger charge is -2.47. The second kappa shape index (κ2) is 11.0. The highest BCUT2D eigenvalue weighted by molar-refractivity contribution is 5.73. The molecule has 1 fully saturated rings. The number of carbonyl (C=O) groups excluding carboxylic acids is 1. The van der Waals surface area contributed by atoms with Crippen molar-refractivity contribution in [3.05, 3.63) is 58.5 Å². The number of benzene rings is 1. The van der Waals surface area contributed by atoms with Crippen LogP contribution in [0, 0.1) is 11.2 Å². The maximum atomic E-state index is 14.1. The zero-order chi connectivity index (χ0) is 28.6. The number of pyridine rings is 1. The van der Waals surface area contributed by atoms with E-state index in [2.05, 4.69) is 42.5 Å². The average Bonchev–Trinajstić information content (AvgIpc) is 2.78. The summed E-state index contributed by atoms with van der Waals surface area (Å²) in [4.78, 5) is 16.5. The van der Waals surface area contributed by atoms with Crippen LogP contribution in [0.4, 0.5) is 17.6 Å². The predicted octanol–water partition coefficient (Wildman–Crippen LogP) is 5.27. The third kappa shape index (κ3) is 7.28. The zero-order valence-corrected chi connectivity index (χ0v) is 22.8. The van der Waals surface area contributed by atoms with Gasteiger partial charge >= 0.3 is 6.18 Å². The topological polar surface area (TPSA) is 83.5 Å². The number of carbonyl (C=O) groups is 1. The molecule has 1 aliphatic carbocycles. The first-order valence-corrected chi connectivity index (χ1v) is 13.4. The summed E-state index contributed by atoms with van der Waals surface area (Å²) in [5, 5.41) is 17.2. The van der Waals surface area contributed by atoms with Crippen molar-refractivity contribution in [2.45, 2.75) is 96.2 Å². The SMILES string of the molecule is CC(=O)N[C@H](Cc1ccc(C(F)(F)F)c(F)c1)[C@@H](O)CN[C@H]1CC2(CCC2)Oc2ncc(CC(C)(C)C)cc21. The summed E-state index contributed by atoms with van der Waals surface area (Å²) in [5.41, 5.74) is 0.669. The normalized spacial score (nSPS) is 20.0. The van der Waals surface area contributed by atoms with Crippen LogP contribution in [-0.4, -0.2) is 40.3 Å². The van der Waals surface area contributed by atoms with Gasteiger partial charge in [-0.3, -0.25) is 4.79 Å². The molecule has 0 unspecified atom stereocenters. The van der Waals surface area contributed by atoms with E-state index in [4.69, 9.17) is 4.74 Å². The fraction of sp³-hybridized carbons (Fsp3) is 0.586. The van der Waals surface area contributed by atoms with Crippen molar-refractivity contribution in [1.82, 2.24) is 15.6 Å². The summed E-state index contributed by atoms with van der Waals surface area (Å²) < 4.78 is 59.3. The van der Waals surface area contributed by atoms with Crippen molar-refractivity contribution < 1.29 is 32.2 Å². The molecule has 0 radical (unpaired) electrons. The van der Waals surface area contributed by atoms with Gasteiger partial charge in [0.1, 0.15) is 11.4 Å². The van der Waals surface area contributed by atoms with Crippen molar-refractivity contribution in [2.24, 2.45) is 5.41 Å². The maximum absolute atomic E-state index is 14.1. The van der Waals surface area contributed by atoms with Crippen LogP contribution in [0.5, 0.6) is 5.88 Å². The van der Waals surface area contributed by atoms with Crippen LogP contribution in [-0.2, 0) is 23.8 Å². The number of hydrogen-bond donors (Lipinski definition) is 3. The lowest BCUT2D eigenvalue weighted by atomic mass is 9.73. The molecular weight excluding hydrogens is 514 g/mol. The molecule has 1 aliphatic heterocycles. The van der Waals surface area contributed by atoms with Crippen LogP contribution in [0.25, 0.3) is 0 Å². The molecule has 2 aromatic rings. The van der Waals surface area contributed by atoms with Gasteiger partial charge in [-0.2, -0.15) is 13.2 Å². The fourth-order valence-corrected chi connectivity index (χ4v) is 5.47. The van der Waals surface area contributed by atoms with Crippen molar-refractivity contribution in [2.75, 3.05) is 6.54 Å². The van der Waals surface area contributed by atoms with Crippen molar-refractivity contribution in [3.8, 4) is 5.88 Å². The van der Waals surface area contributed by atoms with E-state index < -0.39 is 35.6 Å². The number of aliphatic hydroxyl groups is 1. The number of nitrogens with one attached hydrogen (secondary N) is 2. The van der Waals surface area contributed by atoms with E-state index in [1.54, 1.807) is 0 Å². The van der Waals surface area contributed by atoms with E-state index in [0.29, 0.717) is 18.4 Å². The summed E-state index contributed by atoms with van der Waals surface area (Å²) in [6.07, 6.45) is 0.383. The molecule has 1 amide bonds. The minimum Gasteiger partial charge on any atom is -0.471 e. The van der Waals surface area contributed by atoms with Gasteiger partial charge in [0, 0.05) is 37.7 Å². The molecule has 1 aromatic carbocycles. The number of amides is 1. The van der Waals surface area contributed by atoms with Crippen LogP contribution < -0.4 is 15.4 Å². The molecule has 3 atom stereocenters. The third-order valence-electron chi connectivity index (χ3n) is 7.42. The number of ether oxygens (including phenoxy) is 1. The van der Waals surface area contributed by atoms with Gasteiger partial charge in [0.05, 0.1) is 17.7 Å². The standard InChI is InChI=1S/C29H37F4N3O3/c1-17(37)36-23(12-18-6-7-21(22(30)11-18)29(31,32)33)25(38)16-34-24-14-28(8-5-9-28)39-26-20(24)10-19(15-35-26)13-27(2,3)4/h6-7,10-11,15,23-25,34,38H,5,8-9,12-14,16H2,1-4H3,(H,36,37)/t23-,24+,25+/m1/s1. The largest absolute Gasteiger partial charge is 0.471 e. The smallest absolute Gasteiger partial charge is 0.419 e. The molecular formula is C29H37F4N3O3. The molecule has 2 aliphatic rings. The highest BCUT2D eigenvalue weighted by Gasteiger charge is 2.46. The van der Waals surface area contributed by atoms with Gasteiger partial charge in [0.25, 0.3) is 0 Å². The molecule has 1 spiro atoms. The molecule has 2 heterocycles. The molecule has 1 saturated carbocycles. The number of halogens is 4. The highest BCUT2D eigenvalue weighted by atomic mass is 19.4. The molecule has 214 valence electrons. The minimum atomic E-state index is -4.80. The number of aromatic nitrogens is 1. The first kappa shape index (κ1) is 29.3. The monoisotopic (exact) mass is 551 g/mol. The predicted molar refractivity (Wildman–Crippen MR) is 139 cm³/mol. The van der Waals surface area contributed by atoms with E-state index >= 15 is 0 Å². The van der Waals surface area contributed by atoms with E-state index in [-0.39, 0.29) is 35.6 Å². The van der Waals surface area contributed by atoms with Crippen LogP contribution in [0.1, 0.15) is 81.7 Å². The Labute approximate surface area is 226 Å². The van der Waals surface area contributed by atoms with Crippen molar-refractivity contribution in [3.63, 3.8) is 0 Å². The Bertz CT molecular complexity index is 1190. The number of nitrogens with zero attached hydrogens (tertiary/aromatic N) is 1. The molecule has 4 rings (SSSR count). The van der Waals surface area contributed by atoms with Crippen molar-refractivity contribution >= 4 is 5.91 Å². The quantitative estimate of drug-likeness (QED) is 0.390. The number of fused-ring (bicyclic) bond motifs is 1. The van der Waals surface area contributed by atoms with Gasteiger partial charge in [-0.25, -0.2) is 9.37 Å². The minimum absolute atomic E-state index is 0.0386. The fourth-order valence-electron chi connectivity index (χ4n) is 5.47. The maximum Gasteiger partial charge on any atom is 0.419 e.